The zero-order valence-corrected chi connectivity index (χ0v) is 12.7. The van der Waals surface area contributed by atoms with Gasteiger partial charge in [0.05, 0.1) is 5.92 Å². The third-order valence-corrected chi connectivity index (χ3v) is 3.22. The van der Waals surface area contributed by atoms with E-state index in [4.69, 9.17) is 10.5 Å². The molecular weight excluding hydrogens is 294 g/mol. The number of hydrogen-bond donors (Lipinski definition) is 2. The lowest BCUT2D eigenvalue weighted by Crippen LogP contribution is -2.25. The van der Waals surface area contributed by atoms with Crippen LogP contribution in [0.4, 0.5) is 5.69 Å². The molecule has 6 nitrogen and oxygen atoms in total. The fraction of sp³-hybridized carbons (Fsp3) is 0.429. The van der Waals surface area contributed by atoms with Crippen LogP contribution < -0.4 is 15.8 Å². The fourth-order valence-electron chi connectivity index (χ4n) is 2.09. The van der Waals surface area contributed by atoms with E-state index in [9.17, 15) is 9.59 Å². The maximum absolute atomic E-state index is 12.0. The van der Waals surface area contributed by atoms with Crippen molar-refractivity contribution in [1.82, 2.24) is 4.90 Å². The minimum Gasteiger partial charge on any atom is -0.492 e. The van der Waals surface area contributed by atoms with Crippen LogP contribution in [0.15, 0.2) is 24.3 Å². The molecule has 1 fully saturated rings. The quantitative estimate of drug-likeness (QED) is 0.844. The first-order chi connectivity index (χ1) is 9.60. The first kappa shape index (κ1) is 17.3. The number of halogens is 1. The molecule has 1 aliphatic rings. The van der Waals surface area contributed by atoms with Gasteiger partial charge < -0.3 is 20.7 Å². The summed E-state index contributed by atoms with van der Waals surface area (Å²) in [5.41, 5.74) is 6.04. The van der Waals surface area contributed by atoms with Crippen LogP contribution in [-0.2, 0) is 9.59 Å². The van der Waals surface area contributed by atoms with E-state index in [1.165, 1.54) is 0 Å². The van der Waals surface area contributed by atoms with E-state index >= 15 is 0 Å². The Labute approximate surface area is 130 Å². The van der Waals surface area contributed by atoms with Crippen molar-refractivity contribution >= 4 is 29.9 Å². The molecule has 1 heterocycles. The van der Waals surface area contributed by atoms with Crippen LogP contribution in [0.2, 0.25) is 0 Å². The Balaban J connectivity index is 0.00000220. The summed E-state index contributed by atoms with van der Waals surface area (Å²) in [7, 11) is 1.71. The highest BCUT2D eigenvalue weighted by Gasteiger charge is 2.31. The van der Waals surface area contributed by atoms with Gasteiger partial charge in [0, 0.05) is 32.2 Å². The Morgan fingerprint density at radius 1 is 1.43 bits per heavy atom. The van der Waals surface area contributed by atoms with Gasteiger partial charge in [0.15, 0.2) is 0 Å². The van der Waals surface area contributed by atoms with Gasteiger partial charge in [-0.25, -0.2) is 0 Å². The number of nitrogens with zero attached hydrogens (tertiary/aromatic N) is 1. The van der Waals surface area contributed by atoms with Crippen LogP contribution in [0.1, 0.15) is 6.42 Å². The third-order valence-electron chi connectivity index (χ3n) is 3.22. The minimum atomic E-state index is -0.277. The monoisotopic (exact) mass is 313 g/mol. The highest BCUT2D eigenvalue weighted by Crippen LogP contribution is 2.20. The van der Waals surface area contributed by atoms with Crippen molar-refractivity contribution in [3.8, 4) is 5.75 Å². The SMILES string of the molecule is CN1CC(C(=O)Nc2ccc(OCCN)cc2)CC1=O.Cl. The molecular formula is C14H20ClN3O3. The number of amides is 2. The number of ether oxygens (including phenoxy) is 1. The number of benzene rings is 1. The zero-order chi connectivity index (χ0) is 14.5. The van der Waals surface area contributed by atoms with E-state index < -0.39 is 0 Å². The minimum absolute atomic E-state index is 0. The van der Waals surface area contributed by atoms with Crippen molar-refractivity contribution in [2.24, 2.45) is 11.7 Å². The zero-order valence-electron chi connectivity index (χ0n) is 11.9. The Morgan fingerprint density at radius 2 is 2.10 bits per heavy atom. The van der Waals surface area contributed by atoms with E-state index in [1.807, 2.05) is 0 Å². The molecule has 2 rings (SSSR count). The van der Waals surface area contributed by atoms with Crippen molar-refractivity contribution in [2.75, 3.05) is 32.1 Å². The summed E-state index contributed by atoms with van der Waals surface area (Å²) in [6.45, 7) is 1.40. The number of nitrogens with one attached hydrogen (secondary N) is 1. The molecule has 0 saturated carbocycles. The number of anilines is 1. The second-order valence-corrected chi connectivity index (χ2v) is 4.83. The molecule has 2 amide bonds. The Morgan fingerprint density at radius 3 is 2.62 bits per heavy atom. The second kappa shape index (κ2) is 7.85. The molecule has 3 N–H and O–H groups in total. The Hall–Kier alpha value is -1.79. The third kappa shape index (κ3) is 4.61. The highest BCUT2D eigenvalue weighted by atomic mass is 35.5. The number of nitrogens with two attached hydrogens (primary N) is 1. The molecule has 0 bridgehead atoms. The van der Waals surface area contributed by atoms with Crippen LogP contribution >= 0.6 is 12.4 Å². The van der Waals surface area contributed by atoms with Crippen LogP contribution in [0.3, 0.4) is 0 Å². The molecule has 7 heteroatoms. The molecule has 0 radical (unpaired) electrons. The van der Waals surface area contributed by atoms with E-state index in [0.29, 0.717) is 31.1 Å². The summed E-state index contributed by atoms with van der Waals surface area (Å²) < 4.78 is 5.35. The van der Waals surface area contributed by atoms with Crippen LogP contribution in [0.5, 0.6) is 5.75 Å². The van der Waals surface area contributed by atoms with E-state index in [-0.39, 0.29) is 36.6 Å². The molecule has 0 aromatic heterocycles. The summed E-state index contributed by atoms with van der Waals surface area (Å²) >= 11 is 0. The van der Waals surface area contributed by atoms with Crippen molar-refractivity contribution < 1.29 is 14.3 Å². The summed E-state index contributed by atoms with van der Waals surface area (Å²) in [5.74, 6) is 0.318. The maximum atomic E-state index is 12.0. The van der Waals surface area contributed by atoms with Gasteiger partial charge in [0.1, 0.15) is 12.4 Å². The van der Waals surface area contributed by atoms with Crippen molar-refractivity contribution in [3.05, 3.63) is 24.3 Å². The molecule has 1 aromatic rings. The number of carbonyl (C=O) groups excluding carboxylic acids is 2. The van der Waals surface area contributed by atoms with Gasteiger partial charge in [-0.15, -0.1) is 12.4 Å². The maximum Gasteiger partial charge on any atom is 0.229 e. The first-order valence-electron chi connectivity index (χ1n) is 6.58. The van der Waals surface area contributed by atoms with Crippen molar-refractivity contribution in [2.45, 2.75) is 6.42 Å². The molecule has 1 aromatic carbocycles. The standard InChI is InChI=1S/C14H19N3O3.ClH/c1-17-9-10(8-13(17)18)14(19)16-11-2-4-12(5-3-11)20-7-6-15;/h2-5,10H,6-9,15H2,1H3,(H,16,19);1H. The smallest absolute Gasteiger partial charge is 0.229 e. The lowest BCUT2D eigenvalue weighted by atomic mass is 10.1. The molecule has 1 aliphatic heterocycles. The normalized spacial score (nSPS) is 17.3. The van der Waals surface area contributed by atoms with Crippen LogP contribution in [0, 0.1) is 5.92 Å². The lowest BCUT2D eigenvalue weighted by molar-refractivity contribution is -0.127. The summed E-state index contributed by atoms with van der Waals surface area (Å²) in [5, 5.41) is 2.81. The van der Waals surface area contributed by atoms with Crippen LogP contribution in [-0.4, -0.2) is 43.5 Å². The highest BCUT2D eigenvalue weighted by molar-refractivity contribution is 5.97. The Bertz CT molecular complexity index is 493. The first-order valence-corrected chi connectivity index (χ1v) is 6.58. The van der Waals surface area contributed by atoms with Gasteiger partial charge in [-0.2, -0.15) is 0 Å². The molecule has 0 aliphatic carbocycles. The topological polar surface area (TPSA) is 84.7 Å². The van der Waals surface area contributed by atoms with Gasteiger partial charge in [0.2, 0.25) is 11.8 Å². The molecule has 0 spiro atoms. The molecule has 1 unspecified atom stereocenters. The predicted molar refractivity (Wildman–Crippen MR) is 82.6 cm³/mol. The average molecular weight is 314 g/mol. The lowest BCUT2D eigenvalue weighted by Gasteiger charge is -2.11. The molecule has 1 saturated heterocycles. The second-order valence-electron chi connectivity index (χ2n) is 4.83. The molecule has 116 valence electrons. The average Bonchev–Trinajstić information content (AvgIpc) is 2.78. The van der Waals surface area contributed by atoms with E-state index in [2.05, 4.69) is 5.32 Å². The summed E-state index contributed by atoms with van der Waals surface area (Å²) in [4.78, 5) is 25.0. The van der Waals surface area contributed by atoms with E-state index in [0.717, 1.165) is 0 Å². The summed E-state index contributed by atoms with van der Waals surface area (Å²) in [6, 6.07) is 7.09. The van der Waals surface area contributed by atoms with Crippen LogP contribution in [0.25, 0.3) is 0 Å². The van der Waals surface area contributed by atoms with Crippen molar-refractivity contribution in [1.29, 1.82) is 0 Å². The largest absolute Gasteiger partial charge is 0.492 e. The predicted octanol–water partition coefficient (Wildman–Crippen LogP) is 0.863. The van der Waals surface area contributed by atoms with Gasteiger partial charge in [-0.05, 0) is 24.3 Å². The summed E-state index contributed by atoms with van der Waals surface area (Å²) in [6.07, 6.45) is 0.278. The fourth-order valence-corrected chi connectivity index (χ4v) is 2.09. The molecule has 21 heavy (non-hydrogen) atoms. The van der Waals surface area contributed by atoms with Gasteiger partial charge >= 0.3 is 0 Å². The van der Waals surface area contributed by atoms with E-state index in [1.54, 1.807) is 36.2 Å². The number of rotatable bonds is 5. The van der Waals surface area contributed by atoms with Crippen molar-refractivity contribution in [3.63, 3.8) is 0 Å². The van der Waals surface area contributed by atoms with Gasteiger partial charge in [-0.1, -0.05) is 0 Å². The number of hydrogen-bond acceptors (Lipinski definition) is 4. The number of carbonyl (C=O) groups is 2. The number of likely N-dealkylation sites (tertiary alicyclic amines) is 1. The van der Waals surface area contributed by atoms with Gasteiger partial charge in [-0.3, -0.25) is 9.59 Å². The Kier molecular flexibility index (Phi) is 6.45. The van der Waals surface area contributed by atoms with Gasteiger partial charge in [0.25, 0.3) is 0 Å². The molecule has 1 atom stereocenters.